The quantitative estimate of drug-likeness (QED) is 0.765. The van der Waals surface area contributed by atoms with Gasteiger partial charge in [0.1, 0.15) is 0 Å². The Morgan fingerprint density at radius 2 is 2.10 bits per heavy atom. The molecule has 2 heterocycles. The van der Waals surface area contributed by atoms with Gasteiger partial charge in [0, 0.05) is 38.1 Å². The van der Waals surface area contributed by atoms with Gasteiger partial charge < -0.3 is 9.30 Å². The first-order valence-corrected chi connectivity index (χ1v) is 9.17. The molecule has 1 aromatic heterocycles. The molecule has 0 saturated carbocycles. The highest BCUT2D eigenvalue weighted by Crippen LogP contribution is 2.24. The van der Waals surface area contributed by atoms with Gasteiger partial charge in [-0.15, -0.1) is 0 Å². The van der Waals surface area contributed by atoms with Gasteiger partial charge in [-0.3, -0.25) is 0 Å². The van der Waals surface area contributed by atoms with Crippen LogP contribution in [0.1, 0.15) is 32.7 Å². The summed E-state index contributed by atoms with van der Waals surface area (Å²) in [5.74, 6) is 0.198. The van der Waals surface area contributed by atoms with E-state index in [1.807, 2.05) is 20.0 Å². The maximum Gasteiger partial charge on any atom is 0.214 e. The van der Waals surface area contributed by atoms with Crippen LogP contribution in [-0.4, -0.2) is 54.3 Å². The minimum absolute atomic E-state index is 0.0290. The van der Waals surface area contributed by atoms with Crippen LogP contribution < -0.4 is 0 Å². The molecule has 0 aromatic carbocycles. The fraction of sp³-hybridized carbons (Fsp3) is 0.786. The molecule has 0 spiro atoms. The number of hydrogen-bond acceptors (Lipinski definition) is 4. The maximum absolute atomic E-state index is 12.4. The van der Waals surface area contributed by atoms with Gasteiger partial charge in [0.2, 0.25) is 10.0 Å². The average Bonchev–Trinajstić information content (AvgIpc) is 2.99. The summed E-state index contributed by atoms with van der Waals surface area (Å²) in [6.45, 7) is 6.15. The molecule has 0 radical (unpaired) electrons. The fourth-order valence-corrected chi connectivity index (χ4v) is 4.53. The van der Waals surface area contributed by atoms with E-state index in [1.54, 1.807) is 16.8 Å². The van der Waals surface area contributed by atoms with Crippen LogP contribution in [0.5, 0.6) is 0 Å². The molecule has 6 nitrogen and oxygen atoms in total. The maximum atomic E-state index is 12.4. The lowest BCUT2D eigenvalue weighted by atomic mass is 10.1. The summed E-state index contributed by atoms with van der Waals surface area (Å²) in [5, 5.41) is 0. The van der Waals surface area contributed by atoms with Gasteiger partial charge in [-0.05, 0) is 25.7 Å². The van der Waals surface area contributed by atoms with E-state index in [-0.39, 0.29) is 11.7 Å². The van der Waals surface area contributed by atoms with Crippen molar-refractivity contribution >= 4 is 10.0 Å². The van der Waals surface area contributed by atoms with Crippen molar-refractivity contribution in [2.24, 2.45) is 5.92 Å². The van der Waals surface area contributed by atoms with Gasteiger partial charge in [0.25, 0.3) is 0 Å². The first-order chi connectivity index (χ1) is 10.0. The second-order valence-electron chi connectivity index (χ2n) is 5.68. The first-order valence-electron chi connectivity index (χ1n) is 7.56. The topological polar surface area (TPSA) is 64.4 Å². The van der Waals surface area contributed by atoms with Crippen molar-refractivity contribution in [2.75, 3.05) is 32.1 Å². The lowest BCUT2D eigenvalue weighted by Gasteiger charge is -2.32. The van der Waals surface area contributed by atoms with Gasteiger partial charge in [-0.2, -0.15) is 0 Å². The Bertz CT molecular complexity index is 508. The second-order valence-corrected chi connectivity index (χ2v) is 7.70. The van der Waals surface area contributed by atoms with Crippen molar-refractivity contribution in [3.05, 3.63) is 18.7 Å². The molecule has 120 valence electrons. The van der Waals surface area contributed by atoms with E-state index in [0.29, 0.717) is 32.3 Å². The zero-order chi connectivity index (χ0) is 15.3. The van der Waals surface area contributed by atoms with E-state index < -0.39 is 10.0 Å². The van der Waals surface area contributed by atoms with Crippen molar-refractivity contribution in [1.29, 1.82) is 0 Å². The van der Waals surface area contributed by atoms with Gasteiger partial charge >= 0.3 is 0 Å². The Kier molecular flexibility index (Phi) is 5.78. The molecule has 1 aromatic rings. The second kappa shape index (κ2) is 7.38. The van der Waals surface area contributed by atoms with E-state index in [4.69, 9.17) is 4.74 Å². The Morgan fingerprint density at radius 1 is 1.38 bits per heavy atom. The van der Waals surface area contributed by atoms with Crippen molar-refractivity contribution in [2.45, 2.75) is 32.7 Å². The van der Waals surface area contributed by atoms with Crippen molar-refractivity contribution < 1.29 is 13.2 Å². The highest BCUT2D eigenvalue weighted by atomic mass is 32.2. The zero-order valence-electron chi connectivity index (χ0n) is 12.8. The highest BCUT2D eigenvalue weighted by Gasteiger charge is 2.29. The SMILES string of the molecule is CCOCC(C)CS(=O)(=O)N1CCC(n2ccnc2)CC1. The molecule has 0 N–H and O–H groups in total. The number of ether oxygens (including phenoxy) is 1. The van der Waals surface area contributed by atoms with E-state index >= 15 is 0 Å². The smallest absolute Gasteiger partial charge is 0.214 e. The normalized spacial score (nSPS) is 19.7. The Balaban J connectivity index is 1.85. The third-order valence-corrected chi connectivity index (χ3v) is 6.01. The molecular formula is C14H25N3O3S. The molecule has 2 rings (SSSR count). The van der Waals surface area contributed by atoms with Crippen LogP contribution in [0.15, 0.2) is 18.7 Å². The molecule has 1 aliphatic heterocycles. The summed E-state index contributed by atoms with van der Waals surface area (Å²) < 4.78 is 33.8. The van der Waals surface area contributed by atoms with Crippen molar-refractivity contribution in [1.82, 2.24) is 13.9 Å². The lowest BCUT2D eigenvalue weighted by molar-refractivity contribution is 0.122. The number of sulfonamides is 1. The number of hydrogen-bond donors (Lipinski definition) is 0. The third-order valence-electron chi connectivity index (χ3n) is 3.86. The van der Waals surface area contributed by atoms with E-state index in [9.17, 15) is 8.42 Å². The Labute approximate surface area is 127 Å². The standard InChI is InChI=1S/C14H25N3O3S/c1-3-20-10-13(2)11-21(18,19)17-7-4-14(5-8-17)16-9-6-15-12-16/h6,9,12-14H,3-5,7-8,10-11H2,1-2H3. The predicted octanol–water partition coefficient (Wildman–Crippen LogP) is 1.52. The number of piperidine rings is 1. The summed E-state index contributed by atoms with van der Waals surface area (Å²) in [7, 11) is -3.18. The zero-order valence-corrected chi connectivity index (χ0v) is 13.6. The number of nitrogens with zero attached hydrogens (tertiary/aromatic N) is 3. The van der Waals surface area contributed by atoms with Crippen LogP contribution >= 0.6 is 0 Å². The largest absolute Gasteiger partial charge is 0.381 e. The van der Waals surface area contributed by atoms with Crippen LogP contribution in [0.25, 0.3) is 0 Å². The van der Waals surface area contributed by atoms with E-state index in [0.717, 1.165) is 12.8 Å². The van der Waals surface area contributed by atoms with Crippen LogP contribution in [0, 0.1) is 5.92 Å². The third kappa shape index (κ3) is 4.52. The summed E-state index contributed by atoms with van der Waals surface area (Å²) in [6, 6.07) is 0.361. The van der Waals surface area contributed by atoms with Crippen LogP contribution in [0.3, 0.4) is 0 Å². The molecule has 0 amide bonds. The molecule has 1 unspecified atom stereocenters. The molecule has 0 aliphatic carbocycles. The molecule has 7 heteroatoms. The van der Waals surface area contributed by atoms with Crippen LogP contribution in [-0.2, 0) is 14.8 Å². The fourth-order valence-electron chi connectivity index (χ4n) is 2.74. The van der Waals surface area contributed by atoms with E-state index in [1.165, 1.54) is 0 Å². The molecule has 1 aliphatic rings. The molecule has 1 saturated heterocycles. The molecular weight excluding hydrogens is 290 g/mol. The Morgan fingerprint density at radius 3 is 2.67 bits per heavy atom. The summed E-state index contributed by atoms with van der Waals surface area (Å²) in [6.07, 6.45) is 7.20. The number of imidazole rings is 1. The predicted molar refractivity (Wildman–Crippen MR) is 81.5 cm³/mol. The first kappa shape index (κ1) is 16.5. The lowest BCUT2D eigenvalue weighted by Crippen LogP contribution is -2.41. The van der Waals surface area contributed by atoms with Crippen LogP contribution in [0.4, 0.5) is 0 Å². The van der Waals surface area contributed by atoms with Crippen molar-refractivity contribution in [3.63, 3.8) is 0 Å². The monoisotopic (exact) mass is 315 g/mol. The van der Waals surface area contributed by atoms with E-state index in [2.05, 4.69) is 9.55 Å². The van der Waals surface area contributed by atoms with Gasteiger partial charge in [0.05, 0.1) is 18.7 Å². The minimum Gasteiger partial charge on any atom is -0.381 e. The summed E-state index contributed by atoms with van der Waals surface area (Å²) in [4.78, 5) is 4.05. The van der Waals surface area contributed by atoms with Crippen LogP contribution in [0.2, 0.25) is 0 Å². The number of aromatic nitrogens is 2. The molecule has 21 heavy (non-hydrogen) atoms. The van der Waals surface area contributed by atoms with Gasteiger partial charge in [-0.1, -0.05) is 6.92 Å². The van der Waals surface area contributed by atoms with Crippen molar-refractivity contribution in [3.8, 4) is 0 Å². The minimum atomic E-state index is -3.18. The Hall–Kier alpha value is -0.920. The van der Waals surface area contributed by atoms with Gasteiger partial charge in [-0.25, -0.2) is 17.7 Å². The van der Waals surface area contributed by atoms with Gasteiger partial charge in [0.15, 0.2) is 0 Å². The molecule has 0 bridgehead atoms. The highest BCUT2D eigenvalue weighted by molar-refractivity contribution is 7.89. The summed E-state index contributed by atoms with van der Waals surface area (Å²) >= 11 is 0. The average molecular weight is 315 g/mol. The summed E-state index contributed by atoms with van der Waals surface area (Å²) in [5.41, 5.74) is 0. The molecule has 1 atom stereocenters. The molecule has 1 fully saturated rings. The number of rotatable bonds is 7.